The highest BCUT2D eigenvalue weighted by atomic mass is 19.1. The van der Waals surface area contributed by atoms with E-state index in [1.807, 2.05) is 36.5 Å². The van der Waals surface area contributed by atoms with Crippen LogP contribution < -0.4 is 0 Å². The Morgan fingerprint density at radius 3 is 2.73 bits per heavy atom. The molecule has 0 fully saturated rings. The number of rotatable bonds is 6. The molecule has 4 nitrogen and oxygen atoms in total. The summed E-state index contributed by atoms with van der Waals surface area (Å²) >= 11 is 0. The number of furan rings is 1. The van der Waals surface area contributed by atoms with Gasteiger partial charge in [-0.3, -0.25) is 14.9 Å². The van der Waals surface area contributed by atoms with Crippen LogP contribution in [0.4, 0.5) is 4.39 Å². The average Bonchev–Trinajstić information content (AvgIpc) is 3.16. The van der Waals surface area contributed by atoms with E-state index in [1.165, 1.54) is 12.1 Å². The maximum absolute atomic E-state index is 13.3. The zero-order valence-corrected chi connectivity index (χ0v) is 14.2. The first kappa shape index (κ1) is 16.4. The van der Waals surface area contributed by atoms with E-state index in [1.54, 1.807) is 18.5 Å². The van der Waals surface area contributed by atoms with Gasteiger partial charge in [0.25, 0.3) is 0 Å². The molecule has 0 bridgehead atoms. The van der Waals surface area contributed by atoms with Gasteiger partial charge in [0, 0.05) is 30.9 Å². The van der Waals surface area contributed by atoms with E-state index in [0.29, 0.717) is 13.1 Å². The van der Waals surface area contributed by atoms with E-state index in [4.69, 9.17) is 4.42 Å². The van der Waals surface area contributed by atoms with Crippen LogP contribution in [-0.2, 0) is 19.6 Å². The Kier molecular flexibility index (Phi) is 4.71. The molecule has 0 saturated carbocycles. The molecule has 3 aromatic heterocycles. The van der Waals surface area contributed by atoms with Gasteiger partial charge in [-0.2, -0.15) is 0 Å². The van der Waals surface area contributed by atoms with E-state index in [-0.39, 0.29) is 5.82 Å². The summed E-state index contributed by atoms with van der Waals surface area (Å²) in [6.07, 6.45) is 5.32. The third kappa shape index (κ3) is 3.95. The minimum absolute atomic E-state index is 0.247. The summed E-state index contributed by atoms with van der Waals surface area (Å²) in [5.74, 6) is 0.653. The summed E-state index contributed by atoms with van der Waals surface area (Å²) in [5.41, 5.74) is 2.85. The summed E-state index contributed by atoms with van der Waals surface area (Å²) in [7, 11) is 0. The van der Waals surface area contributed by atoms with Gasteiger partial charge < -0.3 is 4.42 Å². The number of hydrogen-bond acceptors (Lipinski definition) is 4. The Hall–Kier alpha value is -3.05. The fourth-order valence-electron chi connectivity index (χ4n) is 3.00. The lowest BCUT2D eigenvalue weighted by Crippen LogP contribution is -2.22. The third-order valence-electron chi connectivity index (χ3n) is 4.18. The van der Waals surface area contributed by atoms with Crippen molar-refractivity contribution in [3.63, 3.8) is 0 Å². The van der Waals surface area contributed by atoms with Crippen LogP contribution in [0.15, 0.2) is 77.7 Å². The Labute approximate surface area is 150 Å². The standard InChI is InChI=1S/C21H18FN3O/c22-18-6-8-21-17(11-18)5-7-19(24-21)14-25(15-20-4-2-10-26-20)13-16-3-1-9-23-12-16/h1-12H,13-15H2. The molecule has 0 atom stereocenters. The molecule has 4 rings (SSSR count). The molecular formula is C21H18FN3O. The SMILES string of the molecule is Fc1ccc2nc(CN(Cc3cccnc3)Cc3ccco3)ccc2c1. The minimum atomic E-state index is -0.247. The van der Waals surface area contributed by atoms with Gasteiger partial charge in [0.05, 0.1) is 24.0 Å². The molecule has 0 spiro atoms. The number of benzene rings is 1. The van der Waals surface area contributed by atoms with E-state index in [0.717, 1.165) is 34.5 Å². The molecule has 26 heavy (non-hydrogen) atoms. The van der Waals surface area contributed by atoms with Crippen LogP contribution in [0, 0.1) is 5.82 Å². The molecule has 0 amide bonds. The summed E-state index contributed by atoms with van der Waals surface area (Å²) < 4.78 is 18.9. The molecule has 0 N–H and O–H groups in total. The van der Waals surface area contributed by atoms with Gasteiger partial charge in [0.1, 0.15) is 11.6 Å². The van der Waals surface area contributed by atoms with Crippen LogP contribution in [0.3, 0.4) is 0 Å². The highest BCUT2D eigenvalue weighted by molar-refractivity contribution is 5.78. The van der Waals surface area contributed by atoms with Crippen molar-refractivity contribution < 1.29 is 8.81 Å². The molecule has 130 valence electrons. The van der Waals surface area contributed by atoms with Gasteiger partial charge in [-0.1, -0.05) is 12.1 Å². The lowest BCUT2D eigenvalue weighted by Gasteiger charge is -2.21. The topological polar surface area (TPSA) is 42.2 Å². The first-order chi connectivity index (χ1) is 12.8. The molecule has 0 unspecified atom stereocenters. The van der Waals surface area contributed by atoms with Gasteiger partial charge in [-0.25, -0.2) is 4.39 Å². The lowest BCUT2D eigenvalue weighted by atomic mass is 10.2. The Morgan fingerprint density at radius 1 is 0.962 bits per heavy atom. The number of aromatic nitrogens is 2. The molecule has 0 radical (unpaired) electrons. The maximum Gasteiger partial charge on any atom is 0.123 e. The highest BCUT2D eigenvalue weighted by Gasteiger charge is 2.11. The monoisotopic (exact) mass is 347 g/mol. The number of pyridine rings is 2. The smallest absolute Gasteiger partial charge is 0.123 e. The van der Waals surface area contributed by atoms with Gasteiger partial charge in [0.15, 0.2) is 0 Å². The molecule has 5 heteroatoms. The molecule has 1 aromatic carbocycles. The van der Waals surface area contributed by atoms with Crippen molar-refractivity contribution in [2.75, 3.05) is 0 Å². The van der Waals surface area contributed by atoms with Crippen molar-refractivity contribution >= 4 is 10.9 Å². The van der Waals surface area contributed by atoms with Crippen molar-refractivity contribution in [2.45, 2.75) is 19.6 Å². The quantitative estimate of drug-likeness (QED) is 0.513. The molecular weight excluding hydrogens is 329 g/mol. The molecule has 4 aromatic rings. The van der Waals surface area contributed by atoms with Crippen molar-refractivity contribution in [2.24, 2.45) is 0 Å². The summed E-state index contributed by atoms with van der Waals surface area (Å²) in [6, 6.07) is 16.4. The predicted molar refractivity (Wildman–Crippen MR) is 97.6 cm³/mol. The van der Waals surface area contributed by atoms with Crippen LogP contribution in [0.1, 0.15) is 17.0 Å². The third-order valence-corrected chi connectivity index (χ3v) is 4.18. The van der Waals surface area contributed by atoms with Crippen molar-refractivity contribution in [1.82, 2.24) is 14.9 Å². The van der Waals surface area contributed by atoms with Gasteiger partial charge >= 0.3 is 0 Å². The minimum Gasteiger partial charge on any atom is -0.468 e. The van der Waals surface area contributed by atoms with Crippen molar-refractivity contribution in [1.29, 1.82) is 0 Å². The van der Waals surface area contributed by atoms with Gasteiger partial charge in [-0.05, 0) is 48.0 Å². The Bertz CT molecular complexity index is 987. The molecule has 3 heterocycles. The van der Waals surface area contributed by atoms with E-state index < -0.39 is 0 Å². The average molecular weight is 347 g/mol. The second-order valence-corrected chi connectivity index (χ2v) is 6.23. The zero-order chi connectivity index (χ0) is 17.8. The largest absolute Gasteiger partial charge is 0.468 e. The molecule has 0 aliphatic heterocycles. The van der Waals surface area contributed by atoms with Crippen LogP contribution in [-0.4, -0.2) is 14.9 Å². The number of nitrogens with zero attached hydrogens (tertiary/aromatic N) is 3. The van der Waals surface area contributed by atoms with Gasteiger partial charge in [0.2, 0.25) is 0 Å². The number of halogens is 1. The second kappa shape index (κ2) is 7.45. The van der Waals surface area contributed by atoms with Crippen LogP contribution in [0.25, 0.3) is 10.9 Å². The first-order valence-electron chi connectivity index (χ1n) is 8.45. The second-order valence-electron chi connectivity index (χ2n) is 6.23. The van der Waals surface area contributed by atoms with Crippen LogP contribution in [0.2, 0.25) is 0 Å². The normalized spacial score (nSPS) is 11.3. The van der Waals surface area contributed by atoms with Crippen LogP contribution in [0.5, 0.6) is 0 Å². The van der Waals surface area contributed by atoms with Crippen LogP contribution >= 0.6 is 0 Å². The molecule has 0 saturated heterocycles. The molecule has 0 aliphatic carbocycles. The Balaban J connectivity index is 1.58. The van der Waals surface area contributed by atoms with E-state index in [9.17, 15) is 4.39 Å². The van der Waals surface area contributed by atoms with Crippen molar-refractivity contribution in [3.05, 3.63) is 96.1 Å². The summed E-state index contributed by atoms with van der Waals surface area (Å²) in [5, 5.41) is 0.804. The first-order valence-corrected chi connectivity index (χ1v) is 8.45. The zero-order valence-electron chi connectivity index (χ0n) is 14.2. The number of fused-ring (bicyclic) bond motifs is 1. The number of hydrogen-bond donors (Lipinski definition) is 0. The fraction of sp³-hybridized carbons (Fsp3) is 0.143. The lowest BCUT2D eigenvalue weighted by molar-refractivity contribution is 0.224. The summed E-state index contributed by atoms with van der Waals surface area (Å²) in [4.78, 5) is 11.1. The summed E-state index contributed by atoms with van der Waals surface area (Å²) in [6.45, 7) is 2.06. The predicted octanol–water partition coefficient (Wildman–Crippen LogP) is 4.56. The maximum atomic E-state index is 13.3. The molecule has 0 aliphatic rings. The van der Waals surface area contributed by atoms with E-state index >= 15 is 0 Å². The Morgan fingerprint density at radius 2 is 1.92 bits per heavy atom. The van der Waals surface area contributed by atoms with Gasteiger partial charge in [-0.15, -0.1) is 0 Å². The highest BCUT2D eigenvalue weighted by Crippen LogP contribution is 2.17. The van der Waals surface area contributed by atoms with Crippen molar-refractivity contribution in [3.8, 4) is 0 Å². The van der Waals surface area contributed by atoms with E-state index in [2.05, 4.69) is 20.9 Å². The fourth-order valence-corrected chi connectivity index (χ4v) is 3.00.